The number of non-ortho nitro benzene ring substituents is 1. The Balaban J connectivity index is 2.03. The number of nitriles is 1. The normalized spacial score (nSPS) is 22.2. The number of nitrogens with one attached hydrogen (secondary N) is 1. The first-order valence-corrected chi connectivity index (χ1v) is 11.3. The fraction of sp³-hybridized carbons (Fsp3) is 0.304. The van der Waals surface area contributed by atoms with Gasteiger partial charge in [-0.2, -0.15) is 5.26 Å². The Labute approximate surface area is 195 Å². The van der Waals surface area contributed by atoms with Crippen molar-refractivity contribution in [2.24, 2.45) is 5.92 Å². The number of thioether (sulfide) groups is 1. The van der Waals surface area contributed by atoms with E-state index in [2.05, 4.69) is 11.4 Å². The van der Waals surface area contributed by atoms with E-state index in [-0.39, 0.29) is 17.9 Å². The molecule has 3 unspecified atom stereocenters. The molecule has 1 heterocycles. The van der Waals surface area contributed by atoms with Gasteiger partial charge >= 0.3 is 5.97 Å². The lowest BCUT2D eigenvalue weighted by atomic mass is 9.70. The van der Waals surface area contributed by atoms with Crippen LogP contribution in [0.3, 0.4) is 0 Å². The van der Waals surface area contributed by atoms with E-state index < -0.39 is 28.3 Å². The second-order valence-electron chi connectivity index (χ2n) is 7.54. The molecule has 0 amide bonds. The lowest BCUT2D eigenvalue weighted by Gasteiger charge is -2.42. The van der Waals surface area contributed by atoms with Crippen LogP contribution in [0.25, 0.3) is 0 Å². The molecule has 1 N–H and O–H groups in total. The van der Waals surface area contributed by atoms with Crippen LogP contribution in [0.1, 0.15) is 25.3 Å². The first kappa shape index (κ1) is 23.6. The van der Waals surface area contributed by atoms with Crippen molar-refractivity contribution in [3.8, 4) is 6.07 Å². The quantitative estimate of drug-likeness (QED) is 0.260. The van der Waals surface area contributed by atoms with Crippen LogP contribution in [0, 0.1) is 27.4 Å². The zero-order chi connectivity index (χ0) is 23.3. The van der Waals surface area contributed by atoms with Gasteiger partial charge in [0.1, 0.15) is 0 Å². The van der Waals surface area contributed by atoms with Crippen molar-refractivity contribution in [3.63, 3.8) is 0 Å². The van der Waals surface area contributed by atoms with Crippen LogP contribution >= 0.6 is 23.4 Å². The molecule has 0 saturated carbocycles. The summed E-state index contributed by atoms with van der Waals surface area (Å²) in [7, 11) is 0. The molecule has 0 aliphatic carbocycles. The van der Waals surface area contributed by atoms with Crippen molar-refractivity contribution in [1.82, 2.24) is 5.32 Å². The predicted octanol–water partition coefficient (Wildman–Crippen LogP) is 5.07. The van der Waals surface area contributed by atoms with Crippen LogP contribution in [0.5, 0.6) is 0 Å². The SMILES string of the molecule is CCOC(=O)C1=CNC(C)(CSc2ccccc2Cl)C(C#N)C1c1cccc([N+](=O)[O-])c1. The van der Waals surface area contributed by atoms with E-state index in [1.54, 1.807) is 31.3 Å². The van der Waals surface area contributed by atoms with Gasteiger partial charge in [-0.25, -0.2) is 4.79 Å². The number of nitro benzene ring substituents is 1. The monoisotopic (exact) mass is 471 g/mol. The molecule has 3 rings (SSSR count). The van der Waals surface area contributed by atoms with Gasteiger partial charge in [-0.1, -0.05) is 35.9 Å². The lowest BCUT2D eigenvalue weighted by molar-refractivity contribution is -0.384. The molecule has 166 valence electrons. The molecule has 0 spiro atoms. The van der Waals surface area contributed by atoms with Crippen molar-refractivity contribution < 1.29 is 14.5 Å². The summed E-state index contributed by atoms with van der Waals surface area (Å²) in [6, 6.07) is 15.8. The van der Waals surface area contributed by atoms with E-state index in [0.29, 0.717) is 16.3 Å². The summed E-state index contributed by atoms with van der Waals surface area (Å²) < 4.78 is 5.20. The number of benzene rings is 2. The molecular weight excluding hydrogens is 450 g/mol. The number of carbonyl (C=O) groups excluding carboxylic acids is 1. The van der Waals surface area contributed by atoms with E-state index >= 15 is 0 Å². The molecule has 1 aliphatic rings. The van der Waals surface area contributed by atoms with E-state index in [1.807, 2.05) is 25.1 Å². The Hall–Kier alpha value is -3.02. The standard InChI is InChI=1S/C23H22ClN3O4S/c1-3-31-22(28)17-13-26-23(2,14-32-20-10-5-4-9-19(20)24)18(12-25)21(17)15-7-6-8-16(11-15)27(29)30/h4-11,13,18,21,26H,3,14H2,1-2H3. The molecule has 0 bridgehead atoms. The summed E-state index contributed by atoms with van der Waals surface area (Å²) in [5, 5.41) is 25.4. The Kier molecular flexibility index (Phi) is 7.44. The van der Waals surface area contributed by atoms with Crippen LogP contribution in [-0.4, -0.2) is 28.8 Å². The third-order valence-electron chi connectivity index (χ3n) is 5.37. The molecule has 3 atom stereocenters. The molecule has 9 heteroatoms. The maximum absolute atomic E-state index is 12.7. The zero-order valence-electron chi connectivity index (χ0n) is 17.6. The number of hydrogen-bond acceptors (Lipinski definition) is 7. The van der Waals surface area contributed by atoms with Gasteiger partial charge in [0.05, 0.1) is 39.7 Å². The van der Waals surface area contributed by atoms with E-state index in [9.17, 15) is 20.2 Å². The highest BCUT2D eigenvalue weighted by molar-refractivity contribution is 7.99. The summed E-state index contributed by atoms with van der Waals surface area (Å²) in [5.41, 5.74) is -0.0724. The second-order valence-corrected chi connectivity index (χ2v) is 8.96. The van der Waals surface area contributed by atoms with Gasteiger partial charge in [-0.3, -0.25) is 10.1 Å². The maximum atomic E-state index is 12.7. The third kappa shape index (κ3) is 4.90. The van der Waals surface area contributed by atoms with E-state index in [1.165, 1.54) is 23.9 Å². The average molecular weight is 472 g/mol. The highest BCUT2D eigenvalue weighted by atomic mass is 35.5. The number of esters is 1. The first-order chi connectivity index (χ1) is 15.3. The number of rotatable bonds is 7. The van der Waals surface area contributed by atoms with Crippen LogP contribution in [0.2, 0.25) is 5.02 Å². The highest BCUT2D eigenvalue weighted by Gasteiger charge is 2.46. The summed E-state index contributed by atoms with van der Waals surface area (Å²) in [5.74, 6) is -1.48. The van der Waals surface area contributed by atoms with Gasteiger partial charge in [0.15, 0.2) is 0 Å². The van der Waals surface area contributed by atoms with Crippen molar-refractivity contribution >= 4 is 35.0 Å². The minimum Gasteiger partial charge on any atom is -0.463 e. The van der Waals surface area contributed by atoms with E-state index in [4.69, 9.17) is 16.3 Å². The van der Waals surface area contributed by atoms with Crippen LogP contribution in [0.4, 0.5) is 5.69 Å². The summed E-state index contributed by atoms with van der Waals surface area (Å²) in [4.78, 5) is 24.4. The lowest BCUT2D eigenvalue weighted by Crippen LogP contribution is -2.54. The van der Waals surface area contributed by atoms with Gasteiger partial charge in [-0.05, 0) is 31.5 Å². The van der Waals surface area contributed by atoms with Gasteiger partial charge in [-0.15, -0.1) is 11.8 Å². The van der Waals surface area contributed by atoms with Gasteiger partial charge in [0.25, 0.3) is 5.69 Å². The van der Waals surface area contributed by atoms with Crippen LogP contribution in [0.15, 0.2) is 65.2 Å². The van der Waals surface area contributed by atoms with Crippen molar-refractivity contribution in [2.75, 3.05) is 12.4 Å². The zero-order valence-corrected chi connectivity index (χ0v) is 19.2. The van der Waals surface area contributed by atoms with Crippen LogP contribution in [-0.2, 0) is 9.53 Å². The average Bonchev–Trinajstić information content (AvgIpc) is 2.78. The molecule has 32 heavy (non-hydrogen) atoms. The third-order valence-corrected chi connectivity index (χ3v) is 7.22. The van der Waals surface area contributed by atoms with E-state index in [0.717, 1.165) is 4.90 Å². The minimum absolute atomic E-state index is 0.104. The van der Waals surface area contributed by atoms with Crippen molar-refractivity contribution in [3.05, 3.63) is 81.0 Å². The molecule has 0 radical (unpaired) electrons. The number of ether oxygens (including phenoxy) is 1. The molecular formula is C23H22ClN3O4S. The summed E-state index contributed by atoms with van der Waals surface area (Å²) >= 11 is 7.78. The Morgan fingerprint density at radius 3 is 2.75 bits per heavy atom. The fourth-order valence-corrected chi connectivity index (χ4v) is 5.11. The number of carbonyl (C=O) groups is 1. The molecule has 0 fully saturated rings. The summed E-state index contributed by atoms with van der Waals surface area (Å²) in [6.07, 6.45) is 1.57. The molecule has 0 saturated heterocycles. The maximum Gasteiger partial charge on any atom is 0.336 e. The van der Waals surface area contributed by atoms with Gasteiger partial charge in [0, 0.05) is 34.9 Å². The highest BCUT2D eigenvalue weighted by Crippen LogP contribution is 2.44. The Morgan fingerprint density at radius 2 is 2.09 bits per heavy atom. The van der Waals surface area contributed by atoms with Gasteiger partial charge in [0.2, 0.25) is 0 Å². The molecule has 1 aliphatic heterocycles. The number of halogens is 1. The number of nitro groups is 1. The molecule has 2 aromatic carbocycles. The smallest absolute Gasteiger partial charge is 0.336 e. The number of hydrogen-bond donors (Lipinski definition) is 1. The summed E-state index contributed by atoms with van der Waals surface area (Å²) in [6.45, 7) is 3.77. The predicted molar refractivity (Wildman–Crippen MR) is 123 cm³/mol. The topological polar surface area (TPSA) is 105 Å². The number of nitrogens with zero attached hydrogens (tertiary/aromatic N) is 2. The minimum atomic E-state index is -0.746. The molecule has 7 nitrogen and oxygen atoms in total. The molecule has 2 aromatic rings. The van der Waals surface area contributed by atoms with Crippen molar-refractivity contribution in [2.45, 2.75) is 30.2 Å². The molecule has 0 aromatic heterocycles. The van der Waals surface area contributed by atoms with Gasteiger partial charge < -0.3 is 10.1 Å². The fourth-order valence-electron chi connectivity index (χ4n) is 3.71. The van der Waals surface area contributed by atoms with Crippen molar-refractivity contribution in [1.29, 1.82) is 5.26 Å². The first-order valence-electron chi connectivity index (χ1n) is 9.97. The Morgan fingerprint density at radius 1 is 1.34 bits per heavy atom. The Bertz CT molecular complexity index is 1100. The second kappa shape index (κ2) is 10.1. The largest absolute Gasteiger partial charge is 0.463 e. The van der Waals surface area contributed by atoms with Crippen LogP contribution < -0.4 is 5.32 Å².